The summed E-state index contributed by atoms with van der Waals surface area (Å²) in [6, 6.07) is 21.9. The molecule has 0 unspecified atom stereocenters. The first kappa shape index (κ1) is 22.5. The van der Waals surface area contributed by atoms with Crippen molar-refractivity contribution in [2.24, 2.45) is 5.92 Å². The van der Waals surface area contributed by atoms with E-state index in [0.717, 1.165) is 16.7 Å². The molecule has 2 amide bonds. The highest BCUT2D eigenvalue weighted by molar-refractivity contribution is 6.04. The van der Waals surface area contributed by atoms with Crippen molar-refractivity contribution in [1.29, 1.82) is 0 Å². The summed E-state index contributed by atoms with van der Waals surface area (Å²) in [6.45, 7) is 5.12. The van der Waals surface area contributed by atoms with Gasteiger partial charge in [-0.1, -0.05) is 42.0 Å². The maximum atomic E-state index is 13.0. The number of nitrogens with one attached hydrogen (secondary N) is 1. The number of hydrogen-bond donors (Lipinski definition) is 1. The van der Waals surface area contributed by atoms with Crippen molar-refractivity contribution in [1.82, 2.24) is 4.90 Å². The molecule has 4 rings (SSSR count). The van der Waals surface area contributed by atoms with Crippen LogP contribution in [0.1, 0.15) is 55.0 Å². The summed E-state index contributed by atoms with van der Waals surface area (Å²) in [5.41, 5.74) is 4.74. The van der Waals surface area contributed by atoms with Gasteiger partial charge in [-0.2, -0.15) is 0 Å². The van der Waals surface area contributed by atoms with Crippen LogP contribution >= 0.6 is 0 Å². The zero-order valence-corrected chi connectivity index (χ0v) is 19.0. The standard InChI is InChI=1S/C28H28N2O3/c1-19-8-13-25(20(2)18-19)26(31)21-14-16-30(17-15-21)28(33)23-9-11-24(12-10-23)29-27(32)22-6-4-3-5-7-22/h3-13,18,21H,14-17H2,1-2H3,(H,29,32). The average Bonchev–Trinajstić information content (AvgIpc) is 2.84. The largest absolute Gasteiger partial charge is 0.339 e. The minimum atomic E-state index is -0.190. The molecule has 1 N–H and O–H groups in total. The highest BCUT2D eigenvalue weighted by Crippen LogP contribution is 2.25. The van der Waals surface area contributed by atoms with Gasteiger partial charge in [-0.25, -0.2) is 0 Å². The number of rotatable bonds is 5. The van der Waals surface area contributed by atoms with Crippen molar-refractivity contribution in [3.63, 3.8) is 0 Å². The van der Waals surface area contributed by atoms with Crippen molar-refractivity contribution >= 4 is 23.3 Å². The molecule has 3 aromatic rings. The molecule has 0 aromatic heterocycles. The van der Waals surface area contributed by atoms with E-state index in [-0.39, 0.29) is 23.5 Å². The summed E-state index contributed by atoms with van der Waals surface area (Å²) in [4.78, 5) is 40.0. The fourth-order valence-corrected chi connectivity index (χ4v) is 4.33. The molecule has 0 aliphatic carbocycles. The fraction of sp³-hybridized carbons (Fsp3) is 0.250. The second-order valence-corrected chi connectivity index (χ2v) is 8.65. The van der Waals surface area contributed by atoms with Gasteiger partial charge in [0, 0.05) is 41.4 Å². The number of aryl methyl sites for hydroxylation is 2. The summed E-state index contributed by atoms with van der Waals surface area (Å²) >= 11 is 0. The van der Waals surface area contributed by atoms with Crippen LogP contribution in [-0.2, 0) is 0 Å². The van der Waals surface area contributed by atoms with Crippen LogP contribution in [0.4, 0.5) is 5.69 Å². The number of ketones is 1. The van der Waals surface area contributed by atoms with Gasteiger partial charge in [0.05, 0.1) is 0 Å². The van der Waals surface area contributed by atoms with Gasteiger partial charge in [0.15, 0.2) is 5.78 Å². The number of anilines is 1. The first-order valence-corrected chi connectivity index (χ1v) is 11.3. The van der Waals surface area contributed by atoms with Crippen molar-refractivity contribution < 1.29 is 14.4 Å². The summed E-state index contributed by atoms with van der Waals surface area (Å²) < 4.78 is 0. The summed E-state index contributed by atoms with van der Waals surface area (Å²) in [5, 5.41) is 2.84. The molecule has 1 aliphatic rings. The summed E-state index contributed by atoms with van der Waals surface area (Å²) in [5.74, 6) is -0.109. The molecule has 0 saturated carbocycles. The van der Waals surface area contributed by atoms with E-state index in [2.05, 4.69) is 5.32 Å². The highest BCUT2D eigenvalue weighted by atomic mass is 16.2. The van der Waals surface area contributed by atoms with Gasteiger partial charge in [-0.15, -0.1) is 0 Å². The monoisotopic (exact) mass is 440 g/mol. The lowest BCUT2D eigenvalue weighted by Gasteiger charge is -2.31. The third-order valence-electron chi connectivity index (χ3n) is 6.23. The van der Waals surface area contributed by atoms with Crippen LogP contribution in [0.25, 0.3) is 0 Å². The van der Waals surface area contributed by atoms with E-state index < -0.39 is 0 Å². The van der Waals surface area contributed by atoms with Crippen LogP contribution in [0.3, 0.4) is 0 Å². The molecule has 1 aliphatic heterocycles. The first-order chi connectivity index (χ1) is 15.9. The number of likely N-dealkylation sites (tertiary alicyclic amines) is 1. The van der Waals surface area contributed by atoms with Crippen molar-refractivity contribution in [2.45, 2.75) is 26.7 Å². The Balaban J connectivity index is 1.34. The van der Waals surface area contributed by atoms with E-state index in [9.17, 15) is 14.4 Å². The highest BCUT2D eigenvalue weighted by Gasteiger charge is 2.29. The number of hydrogen-bond acceptors (Lipinski definition) is 3. The molecule has 0 spiro atoms. The van der Waals surface area contributed by atoms with Gasteiger partial charge in [0.25, 0.3) is 11.8 Å². The van der Waals surface area contributed by atoms with Crippen LogP contribution in [0.5, 0.6) is 0 Å². The van der Waals surface area contributed by atoms with Crippen LogP contribution < -0.4 is 5.32 Å². The topological polar surface area (TPSA) is 66.5 Å². The molecule has 3 aromatic carbocycles. The van der Waals surface area contributed by atoms with Gasteiger partial charge in [-0.3, -0.25) is 14.4 Å². The van der Waals surface area contributed by atoms with Crippen molar-refractivity contribution in [3.8, 4) is 0 Å². The molecule has 1 heterocycles. The number of Topliss-reactive ketones (excluding diaryl/α,β-unsaturated/α-hetero) is 1. The van der Waals surface area contributed by atoms with Crippen LogP contribution in [0, 0.1) is 19.8 Å². The molecule has 5 nitrogen and oxygen atoms in total. The zero-order valence-electron chi connectivity index (χ0n) is 19.0. The predicted octanol–water partition coefficient (Wildman–Crippen LogP) is 5.29. The number of carbonyl (C=O) groups excluding carboxylic acids is 3. The Hall–Kier alpha value is -3.73. The SMILES string of the molecule is Cc1ccc(C(=O)C2CCN(C(=O)c3ccc(NC(=O)c4ccccc4)cc3)CC2)c(C)c1. The molecule has 1 fully saturated rings. The molecule has 168 valence electrons. The second kappa shape index (κ2) is 9.82. The predicted molar refractivity (Wildman–Crippen MR) is 130 cm³/mol. The number of benzene rings is 3. The Morgan fingerprint density at radius 3 is 2.12 bits per heavy atom. The van der Waals surface area contributed by atoms with E-state index in [4.69, 9.17) is 0 Å². The van der Waals surface area contributed by atoms with E-state index in [0.29, 0.717) is 42.7 Å². The molecular weight excluding hydrogens is 412 g/mol. The number of carbonyl (C=O) groups is 3. The molecule has 5 heteroatoms. The van der Waals surface area contributed by atoms with Crippen LogP contribution in [0.15, 0.2) is 72.8 Å². The Morgan fingerprint density at radius 1 is 0.818 bits per heavy atom. The maximum Gasteiger partial charge on any atom is 0.255 e. The molecule has 0 atom stereocenters. The van der Waals surface area contributed by atoms with Gasteiger partial charge in [0.2, 0.25) is 0 Å². The van der Waals surface area contributed by atoms with Gasteiger partial charge >= 0.3 is 0 Å². The molecule has 1 saturated heterocycles. The van der Waals surface area contributed by atoms with E-state index >= 15 is 0 Å². The minimum Gasteiger partial charge on any atom is -0.339 e. The molecule has 0 radical (unpaired) electrons. The number of amides is 2. The van der Waals surface area contributed by atoms with Gasteiger partial charge in [-0.05, 0) is 68.7 Å². The van der Waals surface area contributed by atoms with Gasteiger partial charge < -0.3 is 10.2 Å². The molecular formula is C28H28N2O3. The Kier molecular flexibility index (Phi) is 6.68. The minimum absolute atomic E-state index is 0.0478. The molecule has 0 bridgehead atoms. The summed E-state index contributed by atoms with van der Waals surface area (Å²) in [7, 11) is 0. The first-order valence-electron chi connectivity index (χ1n) is 11.3. The van der Waals surface area contributed by atoms with Crippen molar-refractivity contribution in [2.75, 3.05) is 18.4 Å². The quantitative estimate of drug-likeness (QED) is 0.548. The second-order valence-electron chi connectivity index (χ2n) is 8.65. The third kappa shape index (κ3) is 5.20. The third-order valence-corrected chi connectivity index (χ3v) is 6.23. The Bertz CT molecular complexity index is 1160. The zero-order chi connectivity index (χ0) is 23.4. The van der Waals surface area contributed by atoms with E-state index in [1.54, 1.807) is 36.4 Å². The Morgan fingerprint density at radius 2 is 1.48 bits per heavy atom. The summed E-state index contributed by atoms with van der Waals surface area (Å²) in [6.07, 6.45) is 1.34. The lowest BCUT2D eigenvalue weighted by atomic mass is 9.87. The lowest BCUT2D eigenvalue weighted by molar-refractivity contribution is 0.0650. The van der Waals surface area contributed by atoms with E-state index in [1.165, 1.54) is 0 Å². The number of nitrogens with zero attached hydrogens (tertiary/aromatic N) is 1. The smallest absolute Gasteiger partial charge is 0.255 e. The van der Waals surface area contributed by atoms with Crippen molar-refractivity contribution in [3.05, 3.63) is 101 Å². The fourth-order valence-electron chi connectivity index (χ4n) is 4.33. The average molecular weight is 441 g/mol. The normalized spacial score (nSPS) is 14.1. The van der Waals surface area contributed by atoms with Crippen LogP contribution in [0.2, 0.25) is 0 Å². The molecule has 33 heavy (non-hydrogen) atoms. The van der Waals surface area contributed by atoms with E-state index in [1.807, 2.05) is 55.1 Å². The maximum absolute atomic E-state index is 13.0. The number of piperidine rings is 1. The Labute approximate surface area is 194 Å². The lowest BCUT2D eigenvalue weighted by Crippen LogP contribution is -2.40. The van der Waals surface area contributed by atoms with Gasteiger partial charge in [0.1, 0.15) is 0 Å². The van der Waals surface area contributed by atoms with Crippen LogP contribution in [-0.4, -0.2) is 35.6 Å².